The van der Waals surface area contributed by atoms with Gasteiger partial charge in [-0.25, -0.2) is 0 Å². The van der Waals surface area contributed by atoms with Crippen LogP contribution in [-0.2, 0) is 9.31 Å². The van der Waals surface area contributed by atoms with Crippen molar-refractivity contribution in [1.82, 2.24) is 0 Å². The maximum Gasteiger partial charge on any atom is 0.498 e. The van der Waals surface area contributed by atoms with E-state index in [9.17, 15) is 0 Å². The molecule has 0 unspecified atom stereocenters. The summed E-state index contributed by atoms with van der Waals surface area (Å²) in [4.78, 5) is 0. The van der Waals surface area contributed by atoms with Crippen LogP contribution in [0.15, 0.2) is 24.3 Å². The lowest BCUT2D eigenvalue weighted by atomic mass is 9.78. The average Bonchev–Trinajstić information content (AvgIpc) is 2.48. The molecule has 0 atom stereocenters. The SMILES string of the molecule is CC(C)Oc1ccccc1B1OC(C)(C)C(C)(C)O1. The van der Waals surface area contributed by atoms with Gasteiger partial charge in [0, 0.05) is 5.46 Å². The van der Waals surface area contributed by atoms with E-state index in [0.29, 0.717) is 0 Å². The van der Waals surface area contributed by atoms with Gasteiger partial charge in [-0.2, -0.15) is 0 Å². The number of benzene rings is 1. The number of rotatable bonds is 3. The second kappa shape index (κ2) is 4.84. The highest BCUT2D eigenvalue weighted by Gasteiger charge is 2.52. The lowest BCUT2D eigenvalue weighted by Gasteiger charge is -2.32. The first kappa shape index (κ1) is 14.4. The van der Waals surface area contributed by atoms with Crippen LogP contribution in [0, 0.1) is 0 Å². The van der Waals surface area contributed by atoms with E-state index < -0.39 is 0 Å². The molecule has 2 rings (SSSR count). The van der Waals surface area contributed by atoms with E-state index in [0.717, 1.165) is 11.2 Å². The van der Waals surface area contributed by atoms with Gasteiger partial charge >= 0.3 is 7.12 Å². The average molecular weight is 262 g/mol. The second-order valence-electron chi connectivity index (χ2n) is 6.29. The van der Waals surface area contributed by atoms with Crippen molar-refractivity contribution >= 4 is 12.6 Å². The van der Waals surface area contributed by atoms with Crippen LogP contribution in [0.4, 0.5) is 0 Å². The summed E-state index contributed by atoms with van der Waals surface area (Å²) in [6.45, 7) is 12.2. The summed E-state index contributed by atoms with van der Waals surface area (Å²) in [6, 6.07) is 7.90. The Morgan fingerprint density at radius 2 is 1.53 bits per heavy atom. The first-order chi connectivity index (χ1) is 8.73. The molecule has 0 saturated carbocycles. The first-order valence-electron chi connectivity index (χ1n) is 6.84. The van der Waals surface area contributed by atoms with Gasteiger partial charge in [-0.15, -0.1) is 0 Å². The quantitative estimate of drug-likeness (QED) is 0.784. The summed E-state index contributed by atoms with van der Waals surface area (Å²) < 4.78 is 18.0. The Labute approximate surface area is 116 Å². The minimum absolute atomic E-state index is 0.128. The fraction of sp³-hybridized carbons (Fsp3) is 0.600. The summed E-state index contributed by atoms with van der Waals surface area (Å²) in [5.41, 5.74) is 0.292. The zero-order valence-corrected chi connectivity index (χ0v) is 12.7. The minimum atomic E-state index is -0.375. The van der Waals surface area contributed by atoms with Crippen molar-refractivity contribution in [3.63, 3.8) is 0 Å². The number of hydrogen-bond acceptors (Lipinski definition) is 3. The molecule has 4 heteroatoms. The normalized spacial score (nSPS) is 20.9. The highest BCUT2D eigenvalue weighted by atomic mass is 16.7. The van der Waals surface area contributed by atoms with E-state index in [1.54, 1.807) is 0 Å². The zero-order valence-electron chi connectivity index (χ0n) is 12.7. The summed E-state index contributed by atoms with van der Waals surface area (Å²) >= 11 is 0. The molecule has 0 N–H and O–H groups in total. The summed E-state index contributed by atoms with van der Waals surface area (Å²) in [5.74, 6) is 0.830. The largest absolute Gasteiger partial charge is 0.498 e. The van der Waals surface area contributed by atoms with E-state index >= 15 is 0 Å². The number of ether oxygens (including phenoxy) is 1. The standard InChI is InChI=1S/C15H23BO3/c1-11(2)17-13-10-8-7-9-12(13)16-18-14(3,4)15(5,6)19-16/h7-11H,1-6H3. The van der Waals surface area contributed by atoms with Crippen LogP contribution in [0.25, 0.3) is 0 Å². The van der Waals surface area contributed by atoms with Gasteiger partial charge in [0.2, 0.25) is 0 Å². The molecular formula is C15H23BO3. The van der Waals surface area contributed by atoms with Crippen molar-refractivity contribution in [3.8, 4) is 5.75 Å². The van der Waals surface area contributed by atoms with Crippen LogP contribution in [-0.4, -0.2) is 24.4 Å². The van der Waals surface area contributed by atoms with Gasteiger partial charge in [-0.3, -0.25) is 0 Å². The molecule has 1 aromatic carbocycles. The van der Waals surface area contributed by atoms with Crippen LogP contribution in [0.5, 0.6) is 5.75 Å². The molecule has 1 fully saturated rings. The van der Waals surface area contributed by atoms with Crippen molar-refractivity contribution in [1.29, 1.82) is 0 Å². The van der Waals surface area contributed by atoms with Gasteiger partial charge < -0.3 is 14.0 Å². The van der Waals surface area contributed by atoms with Gasteiger partial charge in [-0.05, 0) is 47.6 Å². The van der Waals surface area contributed by atoms with E-state index in [-0.39, 0.29) is 24.4 Å². The smallest absolute Gasteiger partial charge is 0.491 e. The molecule has 0 amide bonds. The molecule has 1 saturated heterocycles. The molecule has 0 bridgehead atoms. The van der Waals surface area contributed by atoms with Crippen molar-refractivity contribution in [2.45, 2.75) is 58.8 Å². The molecule has 1 aliphatic rings. The number of hydrogen-bond donors (Lipinski definition) is 0. The van der Waals surface area contributed by atoms with Crippen LogP contribution >= 0.6 is 0 Å². The highest BCUT2D eigenvalue weighted by molar-refractivity contribution is 6.63. The Hall–Kier alpha value is -0.995. The van der Waals surface area contributed by atoms with E-state index in [1.165, 1.54) is 0 Å². The van der Waals surface area contributed by atoms with Crippen molar-refractivity contribution in [2.75, 3.05) is 0 Å². The Balaban J connectivity index is 2.29. The highest BCUT2D eigenvalue weighted by Crippen LogP contribution is 2.37. The molecule has 1 aromatic rings. The third-order valence-electron chi connectivity index (χ3n) is 3.79. The minimum Gasteiger partial charge on any atom is -0.491 e. The van der Waals surface area contributed by atoms with E-state index in [1.807, 2.05) is 38.1 Å². The number of para-hydroxylation sites is 1. The predicted octanol–water partition coefficient (Wildman–Crippen LogP) is 2.77. The molecule has 0 radical (unpaired) electrons. The summed E-state index contributed by atoms with van der Waals surface area (Å²) in [6.07, 6.45) is 0.128. The lowest BCUT2D eigenvalue weighted by molar-refractivity contribution is 0.00578. The molecule has 19 heavy (non-hydrogen) atoms. The summed E-state index contributed by atoms with van der Waals surface area (Å²) in [7, 11) is -0.375. The molecule has 1 heterocycles. The third kappa shape index (κ3) is 2.80. The van der Waals surface area contributed by atoms with Crippen molar-refractivity contribution in [2.24, 2.45) is 0 Å². The van der Waals surface area contributed by atoms with Gasteiger partial charge in [0.25, 0.3) is 0 Å². The van der Waals surface area contributed by atoms with E-state index in [2.05, 4.69) is 27.7 Å². The molecule has 3 nitrogen and oxygen atoms in total. The fourth-order valence-electron chi connectivity index (χ4n) is 2.01. The summed E-state index contributed by atoms with van der Waals surface area (Å²) in [5, 5.41) is 0. The maximum atomic E-state index is 6.07. The van der Waals surface area contributed by atoms with Crippen LogP contribution < -0.4 is 10.2 Å². The zero-order chi connectivity index (χ0) is 14.3. The molecule has 0 aliphatic carbocycles. The van der Waals surface area contributed by atoms with Gasteiger partial charge in [0.1, 0.15) is 5.75 Å². The Morgan fingerprint density at radius 3 is 2.05 bits per heavy atom. The van der Waals surface area contributed by atoms with Gasteiger partial charge in [0.15, 0.2) is 0 Å². The van der Waals surface area contributed by atoms with Crippen molar-refractivity contribution < 1.29 is 14.0 Å². The molecule has 0 spiro atoms. The maximum absolute atomic E-state index is 6.07. The van der Waals surface area contributed by atoms with Gasteiger partial charge in [0.05, 0.1) is 17.3 Å². The molecule has 1 aliphatic heterocycles. The van der Waals surface area contributed by atoms with Crippen LogP contribution in [0.1, 0.15) is 41.5 Å². The first-order valence-corrected chi connectivity index (χ1v) is 6.84. The van der Waals surface area contributed by atoms with Crippen LogP contribution in [0.2, 0.25) is 0 Å². The Bertz CT molecular complexity index is 438. The predicted molar refractivity (Wildman–Crippen MR) is 77.9 cm³/mol. The van der Waals surface area contributed by atoms with Crippen LogP contribution in [0.3, 0.4) is 0 Å². The van der Waals surface area contributed by atoms with E-state index in [4.69, 9.17) is 14.0 Å². The monoisotopic (exact) mass is 262 g/mol. The fourth-order valence-corrected chi connectivity index (χ4v) is 2.01. The Morgan fingerprint density at radius 1 is 1.00 bits per heavy atom. The van der Waals surface area contributed by atoms with Gasteiger partial charge in [-0.1, -0.05) is 18.2 Å². The molecule has 0 aromatic heterocycles. The molecule has 104 valence electrons. The molecular weight excluding hydrogens is 239 g/mol. The Kier molecular flexibility index (Phi) is 3.67. The third-order valence-corrected chi connectivity index (χ3v) is 3.79. The topological polar surface area (TPSA) is 27.7 Å². The van der Waals surface area contributed by atoms with Crippen molar-refractivity contribution in [3.05, 3.63) is 24.3 Å². The second-order valence-corrected chi connectivity index (χ2v) is 6.29. The lowest BCUT2D eigenvalue weighted by Crippen LogP contribution is -2.41.